The summed E-state index contributed by atoms with van der Waals surface area (Å²) in [5, 5.41) is 8.82. The second-order valence-electron chi connectivity index (χ2n) is 5.63. The molecule has 0 saturated heterocycles. The van der Waals surface area contributed by atoms with Crippen molar-refractivity contribution in [3.05, 3.63) is 0 Å². The Kier molecular flexibility index (Phi) is 5.98. The molecule has 0 aliphatic carbocycles. The van der Waals surface area contributed by atoms with Crippen molar-refractivity contribution < 1.29 is 17.7 Å². The van der Waals surface area contributed by atoms with Crippen LogP contribution in [-0.2, 0) is 11.4 Å². The van der Waals surface area contributed by atoms with Gasteiger partial charge in [-0.1, -0.05) is 13.8 Å². The standard InChI is InChI=1S/C11H19F3N2OS/c1-10(2,3)18(17)16-7(6-15)8(12)11(4,5)9(13)14/h7-9,16H,1-5H3/t7-,8?,18-/m0/s1. The van der Waals surface area contributed by atoms with Crippen LogP contribution in [-0.4, -0.2) is 27.9 Å². The van der Waals surface area contributed by atoms with Crippen LogP contribution in [0.25, 0.3) is 0 Å². The van der Waals surface area contributed by atoms with Crippen molar-refractivity contribution in [1.29, 1.82) is 5.26 Å². The van der Waals surface area contributed by atoms with Gasteiger partial charge in [0, 0.05) is 11.4 Å². The van der Waals surface area contributed by atoms with Crippen molar-refractivity contribution in [2.24, 2.45) is 5.41 Å². The third-order valence-corrected chi connectivity index (χ3v) is 4.08. The summed E-state index contributed by atoms with van der Waals surface area (Å²) in [6.45, 7) is 6.98. The molecule has 0 bridgehead atoms. The van der Waals surface area contributed by atoms with Crippen LogP contribution in [0.4, 0.5) is 13.2 Å². The van der Waals surface area contributed by atoms with Gasteiger partial charge in [0.05, 0.1) is 11.5 Å². The van der Waals surface area contributed by atoms with E-state index in [0.29, 0.717) is 0 Å². The van der Waals surface area contributed by atoms with Gasteiger partial charge in [0.2, 0.25) is 6.43 Å². The Morgan fingerprint density at radius 3 is 1.89 bits per heavy atom. The highest BCUT2D eigenvalue weighted by molar-refractivity contribution is 7.90. The number of hydrogen-bond acceptors (Lipinski definition) is 3. The number of hydrogen-bond donors (Lipinski definition) is 1. The van der Waals surface area contributed by atoms with E-state index in [2.05, 4.69) is 4.72 Å². The fourth-order valence-corrected chi connectivity index (χ4v) is 1.75. The van der Waals surface area contributed by atoms with Gasteiger partial charge in [-0.05, 0) is 20.8 Å². The summed E-state index contributed by atoms with van der Waals surface area (Å²) in [5.41, 5.74) is -1.98. The van der Waals surface area contributed by atoms with Gasteiger partial charge in [0.1, 0.15) is 10.9 Å². The molecule has 0 spiro atoms. The van der Waals surface area contributed by atoms with Crippen molar-refractivity contribution >= 4 is 11.4 Å². The van der Waals surface area contributed by atoms with E-state index >= 15 is 0 Å². The van der Waals surface area contributed by atoms with Gasteiger partial charge < -0.3 is 4.55 Å². The molecular formula is C11H19F3N2OS. The molecule has 0 aromatic carbocycles. The summed E-state index contributed by atoms with van der Waals surface area (Å²) in [6, 6.07) is 0.0200. The Balaban J connectivity index is 4.87. The molecular weight excluding hydrogens is 265 g/mol. The first-order valence-corrected chi connectivity index (χ1v) is 6.59. The van der Waals surface area contributed by atoms with Gasteiger partial charge in [-0.2, -0.15) is 5.26 Å². The fraction of sp³-hybridized carbons (Fsp3) is 0.909. The molecule has 0 fully saturated rings. The maximum atomic E-state index is 13.9. The Morgan fingerprint density at radius 1 is 1.17 bits per heavy atom. The normalized spacial score (nSPS) is 18.3. The number of nitrogens with one attached hydrogen (secondary N) is 1. The molecule has 0 amide bonds. The van der Waals surface area contributed by atoms with Crippen LogP contribution in [0.2, 0.25) is 0 Å². The predicted octanol–water partition coefficient (Wildman–Crippen LogP) is 2.56. The maximum Gasteiger partial charge on any atom is 0.246 e. The lowest BCUT2D eigenvalue weighted by Gasteiger charge is -2.32. The minimum absolute atomic E-state index is 0.705. The third kappa shape index (κ3) is 4.34. The average molecular weight is 284 g/mol. The van der Waals surface area contributed by atoms with E-state index < -0.39 is 40.2 Å². The zero-order valence-corrected chi connectivity index (χ0v) is 11.9. The van der Waals surface area contributed by atoms with Crippen LogP contribution in [0.15, 0.2) is 0 Å². The van der Waals surface area contributed by atoms with Crippen molar-refractivity contribution in [2.45, 2.75) is 58.0 Å². The lowest BCUT2D eigenvalue weighted by Crippen LogP contribution is -2.52. The Bertz CT molecular complexity index is 312. The monoisotopic (exact) mass is 284 g/mol. The lowest BCUT2D eigenvalue weighted by atomic mass is 9.84. The van der Waals surface area contributed by atoms with E-state index in [9.17, 15) is 17.7 Å². The van der Waals surface area contributed by atoms with E-state index in [1.807, 2.05) is 0 Å². The molecule has 3 nitrogen and oxygen atoms in total. The lowest BCUT2D eigenvalue weighted by molar-refractivity contribution is -0.0384. The van der Waals surface area contributed by atoms with Gasteiger partial charge in [-0.15, -0.1) is 4.72 Å². The Morgan fingerprint density at radius 2 is 1.61 bits per heavy atom. The highest BCUT2D eigenvalue weighted by Gasteiger charge is 2.45. The molecule has 0 radical (unpaired) electrons. The van der Waals surface area contributed by atoms with E-state index in [-0.39, 0.29) is 0 Å². The highest BCUT2D eigenvalue weighted by atomic mass is 32.2. The molecule has 7 heteroatoms. The van der Waals surface area contributed by atoms with Crippen molar-refractivity contribution in [3.63, 3.8) is 0 Å². The molecule has 1 unspecified atom stereocenters. The Labute approximate surface area is 109 Å². The molecule has 18 heavy (non-hydrogen) atoms. The second-order valence-corrected chi connectivity index (χ2v) is 7.63. The van der Waals surface area contributed by atoms with E-state index in [1.54, 1.807) is 26.8 Å². The molecule has 0 rings (SSSR count). The Hall–Kier alpha value is -0.450. The van der Waals surface area contributed by atoms with Gasteiger partial charge >= 0.3 is 0 Å². The fourth-order valence-electron chi connectivity index (χ4n) is 0.994. The molecule has 0 aromatic heterocycles. The third-order valence-electron chi connectivity index (χ3n) is 2.50. The second kappa shape index (κ2) is 6.13. The molecule has 106 valence electrons. The van der Waals surface area contributed by atoms with E-state index in [0.717, 1.165) is 13.8 Å². The molecule has 0 aromatic rings. The first-order valence-electron chi connectivity index (χ1n) is 5.44. The molecule has 0 saturated carbocycles. The number of rotatable bonds is 5. The quantitative estimate of drug-likeness (QED) is 0.789. The summed E-state index contributed by atoms with van der Waals surface area (Å²) < 4.78 is 52.6. The first kappa shape index (κ1) is 17.6. The highest BCUT2D eigenvalue weighted by Crippen LogP contribution is 2.33. The van der Waals surface area contributed by atoms with Crippen molar-refractivity contribution in [1.82, 2.24) is 4.72 Å². The van der Waals surface area contributed by atoms with Crippen LogP contribution >= 0.6 is 0 Å². The predicted molar refractivity (Wildman–Crippen MR) is 65.1 cm³/mol. The molecule has 0 aliphatic heterocycles. The molecule has 1 N–H and O–H groups in total. The van der Waals surface area contributed by atoms with Crippen molar-refractivity contribution in [3.8, 4) is 6.07 Å². The SMILES string of the molecule is CC(C)(C(F)F)C(F)[C@H](C#N)N[S@@+]([O-])C(C)(C)C. The van der Waals surface area contributed by atoms with Crippen molar-refractivity contribution in [2.75, 3.05) is 0 Å². The van der Waals surface area contributed by atoms with E-state index in [1.165, 1.54) is 0 Å². The van der Waals surface area contributed by atoms with Crippen LogP contribution in [0.1, 0.15) is 34.6 Å². The maximum absolute atomic E-state index is 13.9. The topological polar surface area (TPSA) is 58.9 Å². The molecule has 0 aliphatic rings. The zero-order valence-electron chi connectivity index (χ0n) is 11.1. The zero-order chi connectivity index (χ0) is 14.7. The summed E-state index contributed by atoms with van der Waals surface area (Å²) in [6.07, 6.45) is -5.03. The number of nitrogens with zero attached hydrogens (tertiary/aromatic N) is 1. The first-order chi connectivity index (χ1) is 7.94. The minimum atomic E-state index is -2.91. The number of halogens is 3. The average Bonchev–Trinajstić information content (AvgIpc) is 2.22. The van der Waals surface area contributed by atoms with E-state index in [4.69, 9.17) is 5.26 Å². The van der Waals surface area contributed by atoms with Gasteiger partial charge in [0.15, 0.2) is 6.04 Å². The summed E-state index contributed by atoms with van der Waals surface area (Å²) in [7, 11) is 0. The van der Waals surface area contributed by atoms with Crippen LogP contribution in [0, 0.1) is 16.7 Å². The summed E-state index contributed by atoms with van der Waals surface area (Å²) in [5.74, 6) is 0. The largest absolute Gasteiger partial charge is 0.598 e. The number of nitriles is 1. The van der Waals surface area contributed by atoms with Crippen LogP contribution < -0.4 is 4.72 Å². The molecule has 3 atom stereocenters. The van der Waals surface area contributed by atoms with Crippen LogP contribution in [0.3, 0.4) is 0 Å². The smallest absolute Gasteiger partial charge is 0.246 e. The van der Waals surface area contributed by atoms with Gasteiger partial charge in [-0.3, -0.25) is 0 Å². The van der Waals surface area contributed by atoms with Gasteiger partial charge in [0.25, 0.3) is 0 Å². The number of alkyl halides is 3. The summed E-state index contributed by atoms with van der Waals surface area (Å²) in [4.78, 5) is 0. The van der Waals surface area contributed by atoms with Crippen LogP contribution in [0.5, 0.6) is 0 Å². The van der Waals surface area contributed by atoms with Gasteiger partial charge in [-0.25, -0.2) is 13.2 Å². The molecule has 0 heterocycles. The minimum Gasteiger partial charge on any atom is -0.598 e. The summed E-state index contributed by atoms with van der Waals surface area (Å²) >= 11 is -1.69.